The van der Waals surface area contributed by atoms with E-state index in [1.807, 2.05) is 0 Å². The van der Waals surface area contributed by atoms with Crippen LogP contribution in [0.25, 0.3) is 27.5 Å². The zero-order valence-electron chi connectivity index (χ0n) is 30.8. The Hall–Kier alpha value is -5.35. The molecule has 0 saturated heterocycles. The van der Waals surface area contributed by atoms with Gasteiger partial charge in [0, 0.05) is 38.3 Å². The molecule has 8 aromatic rings. The average Bonchev–Trinajstić information content (AvgIpc) is 3.66. The van der Waals surface area contributed by atoms with Crippen LogP contribution < -0.4 is 25.6 Å². The molecule has 2 unspecified atom stereocenters. The van der Waals surface area contributed by atoms with E-state index in [4.69, 9.17) is 11.6 Å². The maximum atomic E-state index is 7.18. The number of hydrogen-bond acceptors (Lipinski definition) is 1. The number of benzene rings is 7. The van der Waals surface area contributed by atoms with Crippen LogP contribution >= 0.6 is 11.6 Å². The Morgan fingerprint density at radius 1 is 0.500 bits per heavy atom. The lowest BCUT2D eigenvalue weighted by Gasteiger charge is -2.50. The first-order chi connectivity index (χ1) is 26.4. The summed E-state index contributed by atoms with van der Waals surface area (Å²) < 4.78 is 2.39. The fraction of sp³-hybridized carbons (Fsp3) is 0.160. The van der Waals surface area contributed by atoms with Gasteiger partial charge in [-0.2, -0.15) is 0 Å². The number of hydrogen-bond donors (Lipinski definition) is 0. The van der Waals surface area contributed by atoms with Crippen LogP contribution in [0.5, 0.6) is 0 Å². The summed E-state index contributed by atoms with van der Waals surface area (Å²) in [5.74, 6) is 0. The predicted octanol–water partition coefficient (Wildman–Crippen LogP) is 10.6. The van der Waals surface area contributed by atoms with Gasteiger partial charge in [-0.3, -0.25) is 0 Å². The topological polar surface area (TPSA) is 8.17 Å². The van der Waals surface area contributed by atoms with Gasteiger partial charge in [0.25, 0.3) is 0 Å². The zero-order chi connectivity index (χ0) is 36.5. The van der Waals surface area contributed by atoms with Crippen LogP contribution in [0, 0.1) is 0 Å². The highest BCUT2D eigenvalue weighted by Crippen LogP contribution is 2.61. The van der Waals surface area contributed by atoms with Crippen molar-refractivity contribution in [1.82, 2.24) is 4.57 Å². The molecule has 0 N–H and O–H groups in total. The van der Waals surface area contributed by atoms with E-state index in [1.165, 1.54) is 66.6 Å². The maximum absolute atomic E-state index is 7.18. The Balaban J connectivity index is 1.22. The fourth-order valence-electron chi connectivity index (χ4n) is 10.5. The van der Waals surface area contributed by atoms with E-state index >= 15 is 0 Å². The van der Waals surface area contributed by atoms with E-state index in [0.717, 1.165) is 29.2 Å². The average molecular weight is 735 g/mol. The molecule has 2 heterocycles. The second kappa shape index (κ2) is 12.6. The molecular formula is C50H43ClN2Si. The van der Waals surface area contributed by atoms with Crippen LogP contribution in [-0.2, 0) is 5.41 Å². The molecule has 0 bridgehead atoms. The van der Waals surface area contributed by atoms with Gasteiger partial charge >= 0.3 is 0 Å². The molecule has 1 aliphatic heterocycles. The van der Waals surface area contributed by atoms with Gasteiger partial charge in [0.15, 0.2) is 8.07 Å². The normalized spacial score (nSPS) is 19.6. The van der Waals surface area contributed by atoms with Gasteiger partial charge < -0.3 is 9.47 Å². The molecule has 0 spiro atoms. The van der Waals surface area contributed by atoms with Crippen molar-refractivity contribution in [2.45, 2.75) is 50.5 Å². The van der Waals surface area contributed by atoms with Gasteiger partial charge in [-0.05, 0) is 82.5 Å². The first-order valence-corrected chi connectivity index (χ1v) is 21.7. The van der Waals surface area contributed by atoms with Crippen LogP contribution in [0.3, 0.4) is 0 Å². The minimum atomic E-state index is -2.71. The third-order valence-electron chi connectivity index (χ3n) is 13.1. The molecule has 1 saturated carbocycles. The molecule has 0 radical (unpaired) electrons. The largest absolute Gasteiger partial charge is 0.334 e. The van der Waals surface area contributed by atoms with Gasteiger partial charge in [0.2, 0.25) is 0 Å². The number of rotatable bonds is 6. The van der Waals surface area contributed by atoms with E-state index in [-0.39, 0.29) is 11.0 Å². The van der Waals surface area contributed by atoms with Crippen molar-refractivity contribution in [3.63, 3.8) is 0 Å². The van der Waals surface area contributed by atoms with Crippen molar-refractivity contribution in [1.29, 1.82) is 0 Å². The van der Waals surface area contributed by atoms with Gasteiger partial charge in [-0.15, -0.1) is 0 Å². The standard InChI is InChI=1S/C50H43ClN2Si/c1-49-30-16-17-31-50(49,2)53(38-33-36(51)32-37(34-38)52-46-26-14-12-24-43(46)44-25-13-15-27-47(44)52)48-29-28-42(35-45(48)49)54(39-18-6-3-7-19-39,40-20-8-4-9-21-40)41-22-10-5-11-23-41/h3-15,18-29,32-35H,16-17,30-31H2,1-2H3. The molecule has 2 nitrogen and oxygen atoms in total. The van der Waals surface area contributed by atoms with Crippen LogP contribution in [0.4, 0.5) is 11.4 Å². The molecule has 7 aromatic carbocycles. The molecule has 4 heteroatoms. The summed E-state index contributed by atoms with van der Waals surface area (Å²) in [4.78, 5) is 2.67. The Morgan fingerprint density at radius 2 is 1.00 bits per heavy atom. The van der Waals surface area contributed by atoms with E-state index < -0.39 is 8.07 Å². The van der Waals surface area contributed by atoms with Crippen molar-refractivity contribution in [2.24, 2.45) is 0 Å². The predicted molar refractivity (Wildman–Crippen MR) is 232 cm³/mol. The summed E-state index contributed by atoms with van der Waals surface area (Å²) >= 11 is 7.18. The summed E-state index contributed by atoms with van der Waals surface area (Å²) in [6, 6.07) is 65.6. The highest BCUT2D eigenvalue weighted by Gasteiger charge is 2.58. The SMILES string of the molecule is CC12CCCCC1(C)N(c1cc(Cl)cc(-n3c4ccccc4c4ccccc43)c1)c1ccc([Si](c3ccccc3)(c3ccccc3)c3ccccc3)cc12. The van der Waals surface area contributed by atoms with Gasteiger partial charge in [-0.25, -0.2) is 0 Å². The summed E-state index contributed by atoms with van der Waals surface area (Å²) in [7, 11) is -2.71. The second-order valence-electron chi connectivity index (χ2n) is 15.8. The summed E-state index contributed by atoms with van der Waals surface area (Å²) in [6.45, 7) is 5.06. The highest BCUT2D eigenvalue weighted by molar-refractivity contribution is 7.19. The lowest BCUT2D eigenvalue weighted by Crippen LogP contribution is -2.74. The third-order valence-corrected chi connectivity index (χ3v) is 18.1. The number of anilines is 2. The third kappa shape index (κ3) is 4.71. The summed E-state index contributed by atoms with van der Waals surface area (Å²) in [5, 5.41) is 8.89. The van der Waals surface area contributed by atoms with Gasteiger partial charge in [0.05, 0.1) is 16.6 Å². The molecule has 2 atom stereocenters. The number of nitrogens with zero attached hydrogens (tertiary/aromatic N) is 2. The number of fused-ring (bicyclic) bond motifs is 6. The molecule has 0 amide bonds. The summed E-state index contributed by atoms with van der Waals surface area (Å²) in [5.41, 5.74) is 7.19. The van der Waals surface area contributed by atoms with Crippen LogP contribution in [0.1, 0.15) is 45.1 Å². The molecule has 54 heavy (non-hydrogen) atoms. The van der Waals surface area contributed by atoms with E-state index in [0.29, 0.717) is 0 Å². The Morgan fingerprint density at radius 3 is 1.57 bits per heavy atom. The lowest BCUT2D eigenvalue weighted by molar-refractivity contribution is 0.195. The first-order valence-electron chi connectivity index (χ1n) is 19.3. The van der Waals surface area contributed by atoms with Crippen molar-refractivity contribution < 1.29 is 0 Å². The van der Waals surface area contributed by atoms with Crippen molar-refractivity contribution >= 4 is 73.6 Å². The van der Waals surface area contributed by atoms with Crippen molar-refractivity contribution in [3.8, 4) is 5.69 Å². The minimum absolute atomic E-state index is 0.0594. The maximum Gasteiger partial charge on any atom is 0.179 e. The molecule has 1 fully saturated rings. The number of aromatic nitrogens is 1. The summed E-state index contributed by atoms with van der Waals surface area (Å²) in [6.07, 6.45) is 4.70. The molecular weight excluding hydrogens is 692 g/mol. The Kier molecular flexibility index (Phi) is 7.77. The van der Waals surface area contributed by atoms with E-state index in [9.17, 15) is 0 Å². The minimum Gasteiger partial charge on any atom is -0.334 e. The number of halogens is 1. The first kappa shape index (κ1) is 33.2. The highest BCUT2D eigenvalue weighted by atomic mass is 35.5. The van der Waals surface area contributed by atoms with Crippen molar-refractivity contribution in [2.75, 3.05) is 4.90 Å². The molecule has 2 aliphatic rings. The van der Waals surface area contributed by atoms with Gasteiger partial charge in [0.1, 0.15) is 0 Å². The van der Waals surface area contributed by atoms with E-state index in [2.05, 4.69) is 199 Å². The zero-order valence-corrected chi connectivity index (χ0v) is 32.6. The molecule has 1 aliphatic carbocycles. The van der Waals surface area contributed by atoms with Gasteiger partial charge in [-0.1, -0.05) is 171 Å². The molecule has 10 rings (SSSR count). The smallest absolute Gasteiger partial charge is 0.179 e. The Labute approximate surface area is 324 Å². The van der Waals surface area contributed by atoms with Crippen LogP contribution in [-0.4, -0.2) is 18.2 Å². The number of para-hydroxylation sites is 2. The quantitative estimate of drug-likeness (QED) is 0.122. The van der Waals surface area contributed by atoms with Crippen molar-refractivity contribution in [3.05, 3.63) is 187 Å². The Bertz CT molecular complexity index is 2520. The molecule has 1 aromatic heterocycles. The monoisotopic (exact) mass is 734 g/mol. The molecule has 264 valence electrons. The van der Waals surface area contributed by atoms with Crippen LogP contribution in [0.15, 0.2) is 176 Å². The van der Waals surface area contributed by atoms with Crippen LogP contribution in [0.2, 0.25) is 5.02 Å². The fourth-order valence-corrected chi connectivity index (χ4v) is 15.4. The second-order valence-corrected chi connectivity index (χ2v) is 20.0. The lowest BCUT2D eigenvalue weighted by atomic mass is 9.61. The van der Waals surface area contributed by atoms with E-state index in [1.54, 1.807) is 0 Å².